The van der Waals surface area contributed by atoms with Gasteiger partial charge in [-0.1, -0.05) is 52.8 Å². The molecule has 2 heterocycles. The topological polar surface area (TPSA) is 97.6 Å². The third kappa shape index (κ3) is 7.41. The molecule has 3 rings (SSSR count). The van der Waals surface area contributed by atoms with Crippen molar-refractivity contribution in [3.63, 3.8) is 0 Å². The Kier molecular flexibility index (Phi) is 8.85. The zero-order valence-electron chi connectivity index (χ0n) is 21.9. The Hall–Kier alpha value is -3.68. The Balaban J connectivity index is 1.71. The molecule has 2 aromatic heterocycles. The number of oxazole rings is 1. The SMILES string of the molecule is CC(C)C[C@@H](NC(=O)c1ccccc1OCc1ncc(C(C)(C)C)o1)C(=O)N(C)Cc1ccccn1. The zero-order valence-corrected chi connectivity index (χ0v) is 21.9. The fourth-order valence-corrected chi connectivity index (χ4v) is 3.65. The van der Waals surface area contributed by atoms with E-state index in [-0.39, 0.29) is 29.8 Å². The number of para-hydroxylation sites is 1. The normalized spacial score (nSPS) is 12.3. The molecule has 8 nitrogen and oxygen atoms in total. The molecule has 1 atom stereocenters. The number of benzene rings is 1. The summed E-state index contributed by atoms with van der Waals surface area (Å²) in [6, 6.07) is 11.8. The molecule has 0 spiro atoms. The van der Waals surface area contributed by atoms with Gasteiger partial charge in [-0.3, -0.25) is 14.6 Å². The van der Waals surface area contributed by atoms with E-state index in [4.69, 9.17) is 9.15 Å². The molecule has 192 valence electrons. The molecule has 2 amide bonds. The first kappa shape index (κ1) is 26.9. The number of nitrogens with zero attached hydrogens (tertiary/aromatic N) is 3. The summed E-state index contributed by atoms with van der Waals surface area (Å²) >= 11 is 0. The number of aromatic nitrogens is 2. The van der Waals surface area contributed by atoms with Gasteiger partial charge in [-0.15, -0.1) is 0 Å². The molecule has 0 aliphatic rings. The van der Waals surface area contributed by atoms with Gasteiger partial charge in [-0.2, -0.15) is 0 Å². The average molecular weight is 493 g/mol. The Morgan fingerprint density at radius 1 is 1.08 bits per heavy atom. The summed E-state index contributed by atoms with van der Waals surface area (Å²) in [6.45, 7) is 10.6. The number of pyridine rings is 1. The van der Waals surface area contributed by atoms with E-state index < -0.39 is 6.04 Å². The van der Waals surface area contributed by atoms with Crippen LogP contribution in [-0.4, -0.2) is 39.8 Å². The van der Waals surface area contributed by atoms with Gasteiger partial charge >= 0.3 is 0 Å². The summed E-state index contributed by atoms with van der Waals surface area (Å²) in [5.41, 5.74) is 0.960. The Morgan fingerprint density at radius 2 is 1.81 bits per heavy atom. The van der Waals surface area contributed by atoms with E-state index in [1.807, 2.05) is 52.8 Å². The van der Waals surface area contributed by atoms with Crippen molar-refractivity contribution < 1.29 is 18.7 Å². The van der Waals surface area contributed by atoms with Crippen molar-refractivity contribution in [2.75, 3.05) is 7.05 Å². The van der Waals surface area contributed by atoms with Gasteiger partial charge in [0.25, 0.3) is 5.91 Å². The standard InChI is InChI=1S/C28H36N4O4/c1-19(2)15-22(27(34)32(6)17-20-11-9-10-14-29-20)31-26(33)21-12-7-8-13-23(21)35-18-25-30-16-24(36-25)28(3,4)5/h7-14,16,19,22H,15,17-18H2,1-6H3,(H,31,33)/t22-/m1/s1. The molecule has 8 heteroatoms. The van der Waals surface area contributed by atoms with Crippen molar-refractivity contribution in [2.24, 2.45) is 5.92 Å². The largest absolute Gasteiger partial charge is 0.483 e. The van der Waals surface area contributed by atoms with Crippen molar-refractivity contribution in [3.05, 3.63) is 77.8 Å². The highest BCUT2D eigenvalue weighted by Crippen LogP contribution is 2.24. The van der Waals surface area contributed by atoms with Gasteiger partial charge in [-0.25, -0.2) is 4.98 Å². The lowest BCUT2D eigenvalue weighted by Crippen LogP contribution is -2.47. The van der Waals surface area contributed by atoms with E-state index >= 15 is 0 Å². The summed E-state index contributed by atoms with van der Waals surface area (Å²) in [4.78, 5) is 36.7. The molecule has 3 aromatic rings. The van der Waals surface area contributed by atoms with Crippen molar-refractivity contribution in [3.8, 4) is 5.75 Å². The summed E-state index contributed by atoms with van der Waals surface area (Å²) in [7, 11) is 1.72. The van der Waals surface area contributed by atoms with Crippen LogP contribution in [0, 0.1) is 5.92 Å². The number of hydrogen-bond acceptors (Lipinski definition) is 6. The van der Waals surface area contributed by atoms with E-state index in [2.05, 4.69) is 15.3 Å². The molecule has 0 saturated carbocycles. The lowest BCUT2D eigenvalue weighted by Gasteiger charge is -2.26. The second kappa shape index (κ2) is 11.8. The smallest absolute Gasteiger partial charge is 0.255 e. The van der Waals surface area contributed by atoms with Gasteiger partial charge in [0, 0.05) is 18.7 Å². The van der Waals surface area contributed by atoms with Gasteiger partial charge in [-0.05, 0) is 36.6 Å². The number of carbonyl (C=O) groups is 2. The fourth-order valence-electron chi connectivity index (χ4n) is 3.65. The van der Waals surface area contributed by atoms with Crippen LogP contribution in [-0.2, 0) is 23.4 Å². The predicted molar refractivity (Wildman–Crippen MR) is 137 cm³/mol. The van der Waals surface area contributed by atoms with Crippen LogP contribution in [0.5, 0.6) is 5.75 Å². The first-order valence-electron chi connectivity index (χ1n) is 12.2. The summed E-state index contributed by atoms with van der Waals surface area (Å²) in [5, 5.41) is 2.92. The number of carbonyl (C=O) groups excluding carboxylic acids is 2. The van der Waals surface area contributed by atoms with Crippen LogP contribution in [0.1, 0.15) is 68.7 Å². The summed E-state index contributed by atoms with van der Waals surface area (Å²) in [5.74, 6) is 1.24. The number of nitrogens with one attached hydrogen (secondary N) is 1. The van der Waals surface area contributed by atoms with Crippen LogP contribution < -0.4 is 10.1 Å². The highest BCUT2D eigenvalue weighted by atomic mass is 16.5. The second-order valence-corrected chi connectivity index (χ2v) is 10.3. The third-order valence-electron chi connectivity index (χ3n) is 5.59. The first-order chi connectivity index (χ1) is 17.0. The van der Waals surface area contributed by atoms with Gasteiger partial charge in [0.1, 0.15) is 17.6 Å². The van der Waals surface area contributed by atoms with Crippen LogP contribution in [0.3, 0.4) is 0 Å². The van der Waals surface area contributed by atoms with Crippen LogP contribution >= 0.6 is 0 Å². The minimum atomic E-state index is -0.680. The molecule has 36 heavy (non-hydrogen) atoms. The Labute approximate surface area is 213 Å². The number of hydrogen-bond donors (Lipinski definition) is 1. The minimum absolute atomic E-state index is 0.0849. The molecule has 1 aromatic carbocycles. The van der Waals surface area contributed by atoms with Gasteiger partial charge in [0.15, 0.2) is 6.61 Å². The van der Waals surface area contributed by atoms with Crippen LogP contribution in [0.2, 0.25) is 0 Å². The molecular weight excluding hydrogens is 456 g/mol. The van der Waals surface area contributed by atoms with E-state index in [0.717, 1.165) is 11.5 Å². The first-order valence-corrected chi connectivity index (χ1v) is 12.2. The van der Waals surface area contributed by atoms with Crippen molar-refractivity contribution >= 4 is 11.8 Å². The van der Waals surface area contributed by atoms with Crippen molar-refractivity contribution in [1.29, 1.82) is 0 Å². The maximum absolute atomic E-state index is 13.3. The Morgan fingerprint density at radius 3 is 2.44 bits per heavy atom. The summed E-state index contributed by atoms with van der Waals surface area (Å²) in [6.07, 6.45) is 3.90. The average Bonchev–Trinajstić information content (AvgIpc) is 3.32. The maximum Gasteiger partial charge on any atom is 0.255 e. The molecule has 0 aliphatic heterocycles. The number of likely N-dealkylation sites (N-methyl/N-ethyl adjacent to an activating group) is 1. The fraction of sp³-hybridized carbons (Fsp3) is 0.429. The lowest BCUT2D eigenvalue weighted by molar-refractivity contribution is -0.132. The molecule has 0 unspecified atom stereocenters. The highest BCUT2D eigenvalue weighted by molar-refractivity contribution is 5.99. The van der Waals surface area contributed by atoms with E-state index in [1.165, 1.54) is 0 Å². The monoisotopic (exact) mass is 492 g/mol. The van der Waals surface area contributed by atoms with Crippen LogP contribution in [0.25, 0.3) is 0 Å². The van der Waals surface area contributed by atoms with Gasteiger partial charge in [0.2, 0.25) is 11.8 Å². The van der Waals surface area contributed by atoms with Gasteiger partial charge in [0.05, 0.1) is 24.0 Å². The number of amides is 2. The number of ether oxygens (including phenoxy) is 1. The molecule has 0 bridgehead atoms. The second-order valence-electron chi connectivity index (χ2n) is 10.3. The molecular formula is C28H36N4O4. The van der Waals surface area contributed by atoms with E-state index in [1.54, 1.807) is 48.6 Å². The van der Waals surface area contributed by atoms with Crippen molar-refractivity contribution in [2.45, 2.75) is 65.6 Å². The van der Waals surface area contributed by atoms with Crippen LogP contribution in [0.4, 0.5) is 0 Å². The lowest BCUT2D eigenvalue weighted by atomic mass is 9.94. The molecule has 0 saturated heterocycles. The third-order valence-corrected chi connectivity index (χ3v) is 5.59. The zero-order chi connectivity index (χ0) is 26.3. The quantitative estimate of drug-likeness (QED) is 0.439. The maximum atomic E-state index is 13.3. The van der Waals surface area contributed by atoms with Gasteiger partial charge < -0.3 is 19.4 Å². The van der Waals surface area contributed by atoms with E-state index in [0.29, 0.717) is 30.2 Å². The molecule has 0 aliphatic carbocycles. The van der Waals surface area contributed by atoms with Crippen molar-refractivity contribution in [1.82, 2.24) is 20.2 Å². The summed E-state index contributed by atoms with van der Waals surface area (Å²) < 4.78 is 11.7. The molecule has 0 radical (unpaired) electrons. The Bertz CT molecular complexity index is 1150. The number of rotatable bonds is 10. The minimum Gasteiger partial charge on any atom is -0.483 e. The molecule has 0 fully saturated rings. The van der Waals surface area contributed by atoms with E-state index in [9.17, 15) is 9.59 Å². The predicted octanol–water partition coefficient (Wildman–Crippen LogP) is 4.75. The van der Waals surface area contributed by atoms with Crippen LogP contribution in [0.15, 0.2) is 59.3 Å². The molecule has 1 N–H and O–H groups in total. The highest BCUT2D eigenvalue weighted by Gasteiger charge is 2.27.